The predicted octanol–water partition coefficient (Wildman–Crippen LogP) is 4.89. The molecule has 0 unspecified atom stereocenters. The van der Waals surface area contributed by atoms with Crippen molar-refractivity contribution >= 4 is 34.3 Å². The van der Waals surface area contributed by atoms with Gasteiger partial charge in [0.05, 0.1) is 0 Å². The summed E-state index contributed by atoms with van der Waals surface area (Å²) < 4.78 is 0. The molecule has 0 saturated carbocycles. The summed E-state index contributed by atoms with van der Waals surface area (Å²) in [5.41, 5.74) is 3.13. The summed E-state index contributed by atoms with van der Waals surface area (Å²) in [5, 5.41) is 4.89. The number of nitrogens with one attached hydrogen (secondary N) is 1. The summed E-state index contributed by atoms with van der Waals surface area (Å²) in [6, 6.07) is 22.5. The van der Waals surface area contributed by atoms with Crippen LogP contribution in [-0.4, -0.2) is 5.24 Å². The van der Waals surface area contributed by atoms with Crippen molar-refractivity contribution in [2.45, 2.75) is 6.42 Å². The van der Waals surface area contributed by atoms with Crippen LogP contribution in [0.4, 0.5) is 10.5 Å². The van der Waals surface area contributed by atoms with Crippen LogP contribution in [0.25, 0.3) is 10.8 Å². The minimum Gasteiger partial charge on any atom is -0.317 e. The molecule has 0 aliphatic rings. The zero-order chi connectivity index (χ0) is 14.7. The van der Waals surface area contributed by atoms with Gasteiger partial charge in [-0.1, -0.05) is 73.3 Å². The lowest BCUT2D eigenvalue weighted by atomic mass is 9.97. The molecule has 21 heavy (non-hydrogen) atoms. The first-order chi connectivity index (χ1) is 10.2. The maximum Gasteiger partial charge on any atom is 0.280 e. The monoisotopic (exact) mass is 293 g/mol. The highest BCUT2D eigenvalue weighted by Gasteiger charge is 2.07. The summed E-state index contributed by atoms with van der Waals surface area (Å²) in [6.45, 7) is 0. The summed E-state index contributed by atoms with van der Waals surface area (Å²) in [6.07, 6.45) is 0.769. The Labute approximate surface area is 129 Å². The molecule has 3 rings (SSSR count). The number of hydrogen-bond donors (Lipinski definition) is 2. The van der Waals surface area contributed by atoms with E-state index >= 15 is 0 Å². The second kappa shape index (κ2) is 6.02. The summed E-state index contributed by atoms with van der Waals surface area (Å²) in [4.78, 5) is 11.2. The first kappa shape index (κ1) is 13.7. The van der Waals surface area contributed by atoms with Gasteiger partial charge in [0.15, 0.2) is 0 Å². The number of carbonyl (C=O) groups excluding carboxylic acids is 1. The fourth-order valence-electron chi connectivity index (χ4n) is 2.56. The van der Waals surface area contributed by atoms with Crippen LogP contribution in [0, 0.1) is 0 Å². The van der Waals surface area contributed by atoms with E-state index in [-0.39, 0.29) is 5.24 Å². The normalized spacial score (nSPS) is 10.5. The molecule has 3 aromatic rings. The minimum atomic E-state index is -0.347. The molecule has 1 amide bonds. The number of amides is 1. The van der Waals surface area contributed by atoms with Crippen molar-refractivity contribution in [1.82, 2.24) is 0 Å². The summed E-state index contributed by atoms with van der Waals surface area (Å²) in [5.74, 6) is 0. The number of hydrogen-bond acceptors (Lipinski definition) is 1. The van der Waals surface area contributed by atoms with Crippen molar-refractivity contribution in [3.63, 3.8) is 0 Å². The molecule has 0 aliphatic carbocycles. The number of carbonyl (C=O) groups is 1. The number of thiol groups is 1. The Hall–Kier alpha value is -2.26. The van der Waals surface area contributed by atoms with E-state index in [0.29, 0.717) is 0 Å². The summed E-state index contributed by atoms with van der Waals surface area (Å²) in [7, 11) is 0. The lowest BCUT2D eigenvalue weighted by molar-refractivity contribution is 0.270. The molecule has 2 nitrogen and oxygen atoms in total. The van der Waals surface area contributed by atoms with E-state index in [0.717, 1.165) is 17.7 Å². The molecule has 3 aromatic carbocycles. The van der Waals surface area contributed by atoms with Gasteiger partial charge < -0.3 is 5.32 Å². The topological polar surface area (TPSA) is 29.1 Å². The zero-order valence-corrected chi connectivity index (χ0v) is 12.3. The fraction of sp³-hybridized carbons (Fsp3) is 0.0556. The molecule has 0 atom stereocenters. The number of para-hydroxylation sites is 1. The van der Waals surface area contributed by atoms with Crippen molar-refractivity contribution in [2.24, 2.45) is 0 Å². The van der Waals surface area contributed by atoms with Gasteiger partial charge in [-0.3, -0.25) is 4.79 Å². The third-order valence-electron chi connectivity index (χ3n) is 3.52. The predicted molar refractivity (Wildman–Crippen MR) is 91.2 cm³/mol. The number of rotatable bonds is 3. The van der Waals surface area contributed by atoms with Gasteiger partial charge >= 0.3 is 0 Å². The van der Waals surface area contributed by atoms with E-state index in [9.17, 15) is 4.79 Å². The Morgan fingerprint density at radius 2 is 1.52 bits per heavy atom. The Morgan fingerprint density at radius 3 is 2.38 bits per heavy atom. The molecule has 0 spiro atoms. The highest BCUT2D eigenvalue weighted by molar-refractivity contribution is 7.96. The van der Waals surface area contributed by atoms with Crippen LogP contribution < -0.4 is 5.32 Å². The van der Waals surface area contributed by atoms with Crippen molar-refractivity contribution in [2.75, 3.05) is 5.32 Å². The highest BCUT2D eigenvalue weighted by Crippen LogP contribution is 2.24. The first-order valence-corrected chi connectivity index (χ1v) is 7.23. The van der Waals surface area contributed by atoms with Crippen molar-refractivity contribution in [1.29, 1.82) is 0 Å². The minimum absolute atomic E-state index is 0.347. The highest BCUT2D eigenvalue weighted by atomic mass is 32.1. The third-order valence-corrected chi connectivity index (χ3v) is 3.63. The van der Waals surface area contributed by atoms with E-state index in [1.807, 2.05) is 36.4 Å². The number of fused-ring (bicyclic) bond motifs is 1. The molecular weight excluding hydrogens is 278 g/mol. The van der Waals surface area contributed by atoms with Gasteiger partial charge in [-0.25, -0.2) is 0 Å². The van der Waals surface area contributed by atoms with Gasteiger partial charge in [-0.15, -0.1) is 0 Å². The molecule has 0 heterocycles. The molecule has 0 aliphatic heterocycles. The Morgan fingerprint density at radius 1 is 0.857 bits per heavy atom. The van der Waals surface area contributed by atoms with Crippen LogP contribution in [0.1, 0.15) is 11.1 Å². The second-order valence-electron chi connectivity index (χ2n) is 4.90. The Bertz CT molecular complexity index is 793. The van der Waals surface area contributed by atoms with Gasteiger partial charge in [0.1, 0.15) is 0 Å². The average Bonchev–Trinajstić information content (AvgIpc) is 2.49. The zero-order valence-electron chi connectivity index (χ0n) is 11.4. The smallest absolute Gasteiger partial charge is 0.280 e. The van der Waals surface area contributed by atoms with Crippen molar-refractivity contribution in [3.05, 3.63) is 77.9 Å². The van der Waals surface area contributed by atoms with Gasteiger partial charge in [0, 0.05) is 12.1 Å². The van der Waals surface area contributed by atoms with Gasteiger partial charge in [0.25, 0.3) is 5.24 Å². The molecule has 0 saturated heterocycles. The van der Waals surface area contributed by atoms with E-state index in [1.54, 1.807) is 0 Å². The van der Waals surface area contributed by atoms with Crippen LogP contribution in [-0.2, 0) is 6.42 Å². The lowest BCUT2D eigenvalue weighted by Gasteiger charge is -2.11. The summed E-state index contributed by atoms with van der Waals surface area (Å²) >= 11 is 3.79. The molecule has 104 valence electrons. The van der Waals surface area contributed by atoms with Crippen LogP contribution in [0.3, 0.4) is 0 Å². The second-order valence-corrected chi connectivity index (χ2v) is 5.31. The molecular formula is C18H15NOS. The molecule has 0 aromatic heterocycles. The third kappa shape index (κ3) is 3.09. The fourth-order valence-corrected chi connectivity index (χ4v) is 2.68. The molecule has 1 N–H and O–H groups in total. The average molecular weight is 293 g/mol. The van der Waals surface area contributed by atoms with E-state index in [2.05, 4.69) is 48.3 Å². The molecule has 0 radical (unpaired) electrons. The van der Waals surface area contributed by atoms with E-state index in [1.165, 1.54) is 16.3 Å². The Kier molecular flexibility index (Phi) is 3.93. The SMILES string of the molecule is O=C(S)Nc1ccccc1Cc1cccc2ccccc12. The first-order valence-electron chi connectivity index (χ1n) is 6.78. The maximum absolute atomic E-state index is 11.2. The number of anilines is 1. The lowest BCUT2D eigenvalue weighted by Crippen LogP contribution is -2.04. The maximum atomic E-state index is 11.2. The molecule has 0 fully saturated rings. The quantitative estimate of drug-likeness (QED) is 0.661. The van der Waals surface area contributed by atoms with Gasteiger partial charge in [0.2, 0.25) is 0 Å². The van der Waals surface area contributed by atoms with E-state index in [4.69, 9.17) is 0 Å². The number of benzene rings is 3. The van der Waals surface area contributed by atoms with Gasteiger partial charge in [-0.2, -0.15) is 0 Å². The molecule has 3 heteroatoms. The van der Waals surface area contributed by atoms with Crippen molar-refractivity contribution < 1.29 is 4.79 Å². The van der Waals surface area contributed by atoms with Crippen LogP contribution in [0.2, 0.25) is 0 Å². The largest absolute Gasteiger partial charge is 0.317 e. The van der Waals surface area contributed by atoms with Gasteiger partial charge in [-0.05, 0) is 28.0 Å². The van der Waals surface area contributed by atoms with Crippen LogP contribution >= 0.6 is 12.6 Å². The Balaban J connectivity index is 2.01. The van der Waals surface area contributed by atoms with Crippen LogP contribution in [0.5, 0.6) is 0 Å². The van der Waals surface area contributed by atoms with Crippen LogP contribution in [0.15, 0.2) is 66.7 Å². The molecule has 0 bridgehead atoms. The van der Waals surface area contributed by atoms with E-state index < -0.39 is 0 Å². The van der Waals surface area contributed by atoms with Crippen molar-refractivity contribution in [3.8, 4) is 0 Å². The standard InChI is InChI=1S/C18H15NOS/c20-18(21)19-17-11-4-2-7-15(17)12-14-9-5-8-13-6-1-3-10-16(13)14/h1-11H,12H2,(H2,19,20,21).